The van der Waals surface area contributed by atoms with Crippen molar-refractivity contribution in [3.05, 3.63) is 5.01 Å². The molecule has 1 amide bonds. The summed E-state index contributed by atoms with van der Waals surface area (Å²) >= 11 is 4.85. The molecule has 0 radical (unpaired) electrons. The van der Waals surface area contributed by atoms with E-state index < -0.39 is 0 Å². The van der Waals surface area contributed by atoms with Gasteiger partial charge in [0.15, 0.2) is 4.34 Å². The highest BCUT2D eigenvalue weighted by Crippen LogP contribution is 2.24. The lowest BCUT2D eigenvalue weighted by atomic mass is 10.2. The van der Waals surface area contributed by atoms with Crippen molar-refractivity contribution in [1.29, 1.82) is 0 Å². The Balaban J connectivity index is 1.84. The van der Waals surface area contributed by atoms with Crippen LogP contribution in [0.4, 0.5) is 0 Å². The second-order valence-electron chi connectivity index (χ2n) is 3.65. The maximum Gasteiger partial charge on any atom is 0.223 e. The largest absolute Gasteiger partial charge is 0.332 e. The van der Waals surface area contributed by atoms with Gasteiger partial charge in [-0.3, -0.25) is 10.1 Å². The molecule has 8 heteroatoms. The van der Waals surface area contributed by atoms with Crippen LogP contribution in [0.2, 0.25) is 0 Å². The van der Waals surface area contributed by atoms with Crippen molar-refractivity contribution in [2.45, 2.75) is 29.2 Å². The van der Waals surface area contributed by atoms with Gasteiger partial charge in [-0.15, -0.1) is 22.0 Å². The summed E-state index contributed by atoms with van der Waals surface area (Å²) in [6.45, 7) is 1.94. The van der Waals surface area contributed by atoms with Gasteiger partial charge in [-0.25, -0.2) is 0 Å². The minimum absolute atomic E-state index is 0.0259. The Kier molecular flexibility index (Phi) is 4.66. The molecule has 0 saturated carbocycles. The molecule has 2 rings (SSSR count). The minimum Gasteiger partial charge on any atom is -0.332 e. The quantitative estimate of drug-likeness (QED) is 0.809. The second-order valence-corrected chi connectivity index (χ2v) is 7.04. The zero-order valence-electron chi connectivity index (χ0n) is 9.60. The number of amides is 1. The molecule has 5 nitrogen and oxygen atoms in total. The third kappa shape index (κ3) is 3.84. The summed E-state index contributed by atoms with van der Waals surface area (Å²) in [5.41, 5.74) is 0.0259. The van der Waals surface area contributed by atoms with Crippen LogP contribution in [0, 0.1) is 6.92 Å². The summed E-state index contributed by atoms with van der Waals surface area (Å²) in [6.07, 6.45) is 2.50. The van der Waals surface area contributed by atoms with Crippen LogP contribution in [0.3, 0.4) is 0 Å². The number of aryl methyl sites for hydroxylation is 1. The molecule has 2 unspecified atom stereocenters. The first-order valence-corrected chi connectivity index (χ1v) is 8.27. The Hall–Kier alpha value is -0.310. The highest BCUT2D eigenvalue weighted by atomic mass is 32.2. The molecule has 94 valence electrons. The molecule has 0 spiro atoms. The van der Waals surface area contributed by atoms with E-state index in [1.54, 1.807) is 34.9 Å². The van der Waals surface area contributed by atoms with E-state index in [0.29, 0.717) is 6.42 Å². The van der Waals surface area contributed by atoms with E-state index in [9.17, 15) is 4.79 Å². The Morgan fingerprint density at radius 3 is 3.00 bits per heavy atom. The Morgan fingerprint density at radius 1 is 1.53 bits per heavy atom. The topological polar surface area (TPSA) is 66.9 Å². The average molecular weight is 290 g/mol. The SMILES string of the molecule is CSC1NC(=O)CC(CSc2nnc(C)s2)N1. The van der Waals surface area contributed by atoms with Crippen molar-refractivity contribution in [3.63, 3.8) is 0 Å². The number of carbonyl (C=O) groups is 1. The van der Waals surface area contributed by atoms with Crippen LogP contribution < -0.4 is 10.6 Å². The van der Waals surface area contributed by atoms with Gasteiger partial charge < -0.3 is 5.32 Å². The molecule has 1 aromatic rings. The summed E-state index contributed by atoms with van der Waals surface area (Å²) < 4.78 is 0.969. The fourth-order valence-corrected chi connectivity index (χ4v) is 3.94. The molecule has 1 aliphatic rings. The molecule has 1 aliphatic heterocycles. The van der Waals surface area contributed by atoms with Crippen LogP contribution in [0.5, 0.6) is 0 Å². The molecule has 1 aromatic heterocycles. The zero-order chi connectivity index (χ0) is 12.3. The van der Waals surface area contributed by atoms with Gasteiger partial charge in [-0.05, 0) is 13.2 Å². The molecular weight excluding hydrogens is 276 g/mol. The van der Waals surface area contributed by atoms with Crippen LogP contribution in [0.25, 0.3) is 0 Å². The molecule has 0 bridgehead atoms. The highest BCUT2D eigenvalue weighted by molar-refractivity contribution is 8.01. The molecule has 1 saturated heterocycles. The molecule has 1 fully saturated rings. The Morgan fingerprint density at radius 2 is 2.35 bits per heavy atom. The van der Waals surface area contributed by atoms with Crippen LogP contribution >= 0.6 is 34.9 Å². The monoisotopic (exact) mass is 290 g/mol. The molecule has 17 heavy (non-hydrogen) atoms. The molecule has 2 N–H and O–H groups in total. The number of nitrogens with zero attached hydrogens (tertiary/aromatic N) is 2. The van der Waals surface area contributed by atoms with Crippen LogP contribution in [-0.2, 0) is 4.79 Å². The first kappa shape index (κ1) is 13.1. The predicted octanol–water partition coefficient (Wildman–Crippen LogP) is 1.06. The average Bonchev–Trinajstić information content (AvgIpc) is 2.72. The van der Waals surface area contributed by atoms with E-state index in [0.717, 1.165) is 15.1 Å². The Labute approximate surface area is 113 Å². The molecule has 0 aliphatic carbocycles. The van der Waals surface area contributed by atoms with E-state index in [4.69, 9.17) is 0 Å². The van der Waals surface area contributed by atoms with Crippen molar-refractivity contribution in [2.75, 3.05) is 12.0 Å². The summed E-state index contributed by atoms with van der Waals surface area (Å²) in [5.74, 6) is 0.959. The van der Waals surface area contributed by atoms with E-state index in [1.165, 1.54) is 0 Å². The summed E-state index contributed by atoms with van der Waals surface area (Å²) in [7, 11) is 0. The first-order chi connectivity index (χ1) is 8.17. The lowest BCUT2D eigenvalue weighted by Crippen LogP contribution is -2.55. The summed E-state index contributed by atoms with van der Waals surface area (Å²) in [5, 5.41) is 15.3. The van der Waals surface area contributed by atoms with Crippen molar-refractivity contribution in [3.8, 4) is 0 Å². The van der Waals surface area contributed by atoms with Crippen molar-refractivity contribution in [1.82, 2.24) is 20.8 Å². The smallest absolute Gasteiger partial charge is 0.223 e. The zero-order valence-corrected chi connectivity index (χ0v) is 12.0. The molecule has 2 heterocycles. The summed E-state index contributed by atoms with van der Waals surface area (Å²) in [6, 6.07) is 0.204. The van der Waals surface area contributed by atoms with E-state index >= 15 is 0 Å². The minimum atomic E-state index is 0.0259. The number of rotatable bonds is 4. The van der Waals surface area contributed by atoms with Crippen molar-refractivity contribution >= 4 is 40.8 Å². The van der Waals surface area contributed by atoms with Gasteiger partial charge in [0.1, 0.15) is 10.5 Å². The maximum atomic E-state index is 11.5. The first-order valence-electron chi connectivity index (χ1n) is 5.18. The number of carbonyl (C=O) groups excluding carboxylic acids is 1. The van der Waals surface area contributed by atoms with Gasteiger partial charge in [-0.2, -0.15) is 0 Å². The van der Waals surface area contributed by atoms with Crippen molar-refractivity contribution < 1.29 is 4.79 Å². The maximum absolute atomic E-state index is 11.5. The second kappa shape index (κ2) is 6.03. The standard InChI is InChI=1S/C9H14N4OS3/c1-5-12-13-9(17-5)16-4-6-3-7(14)11-8(10-6)15-2/h6,8,10H,3-4H2,1-2H3,(H,11,14). The normalized spacial score (nSPS) is 24.7. The fraction of sp³-hybridized carbons (Fsp3) is 0.667. The van der Waals surface area contributed by atoms with E-state index in [1.807, 2.05) is 13.2 Å². The molecular formula is C9H14N4OS3. The number of aromatic nitrogens is 2. The number of thioether (sulfide) groups is 2. The molecule has 2 atom stereocenters. The third-order valence-electron chi connectivity index (χ3n) is 2.26. The lowest BCUT2D eigenvalue weighted by Gasteiger charge is -2.29. The van der Waals surface area contributed by atoms with Crippen LogP contribution in [-0.4, -0.2) is 39.7 Å². The fourth-order valence-electron chi connectivity index (χ4n) is 1.49. The van der Waals surface area contributed by atoms with Gasteiger partial charge in [0.25, 0.3) is 0 Å². The predicted molar refractivity (Wildman–Crippen MR) is 72.4 cm³/mol. The van der Waals surface area contributed by atoms with Crippen LogP contribution in [0.15, 0.2) is 4.34 Å². The van der Waals surface area contributed by atoms with Crippen LogP contribution in [0.1, 0.15) is 11.4 Å². The number of hydrogen-bond donors (Lipinski definition) is 2. The van der Waals surface area contributed by atoms with Gasteiger partial charge in [0.2, 0.25) is 5.91 Å². The van der Waals surface area contributed by atoms with E-state index in [-0.39, 0.29) is 17.4 Å². The number of hydrogen-bond acceptors (Lipinski definition) is 7. The lowest BCUT2D eigenvalue weighted by molar-refractivity contribution is -0.123. The number of nitrogens with one attached hydrogen (secondary N) is 2. The van der Waals surface area contributed by atoms with Gasteiger partial charge in [0.05, 0.1) is 0 Å². The Bertz CT molecular complexity index is 397. The van der Waals surface area contributed by atoms with Crippen molar-refractivity contribution in [2.24, 2.45) is 0 Å². The summed E-state index contributed by atoms with van der Waals surface area (Å²) in [4.78, 5) is 11.5. The third-order valence-corrected chi connectivity index (χ3v) is 5.12. The molecule has 0 aromatic carbocycles. The van der Waals surface area contributed by atoms with E-state index in [2.05, 4.69) is 20.8 Å². The van der Waals surface area contributed by atoms with Gasteiger partial charge >= 0.3 is 0 Å². The van der Waals surface area contributed by atoms with Gasteiger partial charge in [-0.1, -0.05) is 23.1 Å². The van der Waals surface area contributed by atoms with Gasteiger partial charge in [0, 0.05) is 18.2 Å². The highest BCUT2D eigenvalue weighted by Gasteiger charge is 2.25.